The molecular formula is C27H28ClN3O2. The topological polar surface area (TPSA) is 44.8 Å². The monoisotopic (exact) mass is 461 g/mol. The summed E-state index contributed by atoms with van der Waals surface area (Å²) >= 11 is 0. The standard InChI is InChI=1S/C27H27N3O2.ClH/c31-27(32-26-24-7-3-1-5-22(24)23-6-2-4-8-25(23)26)30-13-11-29(12-14-30)18-19-9-10-20-16-28-17-21(20)15-19;/h1-10,15,26,28H,11-14,16-18H2;1H. The minimum Gasteiger partial charge on any atom is -0.436 e. The Morgan fingerprint density at radius 2 is 1.48 bits per heavy atom. The van der Waals surface area contributed by atoms with E-state index in [4.69, 9.17) is 4.74 Å². The lowest BCUT2D eigenvalue weighted by atomic mass is 10.1. The van der Waals surface area contributed by atoms with Gasteiger partial charge in [0.1, 0.15) is 0 Å². The first-order valence-corrected chi connectivity index (χ1v) is 11.4. The number of benzene rings is 3. The zero-order valence-corrected chi connectivity index (χ0v) is 19.3. The maximum atomic E-state index is 13.0. The highest BCUT2D eigenvalue weighted by atomic mass is 35.5. The number of halogens is 1. The van der Waals surface area contributed by atoms with Gasteiger partial charge in [-0.3, -0.25) is 4.90 Å². The maximum Gasteiger partial charge on any atom is 0.410 e. The number of hydrogen-bond acceptors (Lipinski definition) is 4. The average molecular weight is 462 g/mol. The van der Waals surface area contributed by atoms with E-state index >= 15 is 0 Å². The molecule has 1 fully saturated rings. The molecule has 6 heteroatoms. The van der Waals surface area contributed by atoms with E-state index in [1.54, 1.807) is 0 Å². The predicted octanol–water partition coefficient (Wildman–Crippen LogP) is 4.74. The highest BCUT2D eigenvalue weighted by Crippen LogP contribution is 2.45. The van der Waals surface area contributed by atoms with Gasteiger partial charge in [0.25, 0.3) is 0 Å². The van der Waals surface area contributed by atoms with Crippen molar-refractivity contribution in [1.82, 2.24) is 15.1 Å². The Labute approximate surface area is 200 Å². The summed E-state index contributed by atoms with van der Waals surface area (Å²) in [6.45, 7) is 6.00. The van der Waals surface area contributed by atoms with Crippen molar-refractivity contribution in [3.8, 4) is 11.1 Å². The molecule has 0 spiro atoms. The molecule has 3 aliphatic rings. The maximum absolute atomic E-state index is 13.0. The molecule has 170 valence electrons. The van der Waals surface area contributed by atoms with E-state index in [9.17, 15) is 4.79 Å². The van der Waals surface area contributed by atoms with E-state index in [0.29, 0.717) is 13.1 Å². The van der Waals surface area contributed by atoms with Crippen molar-refractivity contribution in [2.24, 2.45) is 0 Å². The summed E-state index contributed by atoms with van der Waals surface area (Å²) in [6, 6.07) is 23.3. The number of piperazine rings is 1. The van der Waals surface area contributed by atoms with Crippen molar-refractivity contribution in [1.29, 1.82) is 0 Å². The van der Waals surface area contributed by atoms with E-state index in [1.165, 1.54) is 16.7 Å². The first-order chi connectivity index (χ1) is 15.8. The first-order valence-electron chi connectivity index (χ1n) is 11.4. The van der Waals surface area contributed by atoms with Crippen LogP contribution in [-0.4, -0.2) is 42.1 Å². The van der Waals surface area contributed by atoms with Gasteiger partial charge in [0.05, 0.1) is 0 Å². The summed E-state index contributed by atoms with van der Waals surface area (Å²) in [4.78, 5) is 17.3. The molecule has 0 bridgehead atoms. The Balaban J connectivity index is 0.00000228. The number of nitrogens with zero attached hydrogens (tertiary/aromatic N) is 2. The first kappa shape index (κ1) is 22.0. The van der Waals surface area contributed by atoms with Crippen molar-refractivity contribution >= 4 is 18.5 Å². The van der Waals surface area contributed by atoms with Gasteiger partial charge in [-0.1, -0.05) is 66.7 Å². The van der Waals surface area contributed by atoms with E-state index in [0.717, 1.165) is 55.0 Å². The van der Waals surface area contributed by atoms with Gasteiger partial charge in [0, 0.05) is 56.9 Å². The SMILES string of the molecule is Cl.O=C(OC1c2ccccc2-c2ccccc21)N1CCN(Cc2ccc3c(c2)CNC3)CC1. The number of ether oxygens (including phenoxy) is 1. The van der Waals surface area contributed by atoms with Crippen LogP contribution in [0.15, 0.2) is 66.7 Å². The van der Waals surface area contributed by atoms with Crippen LogP contribution in [0.4, 0.5) is 4.79 Å². The van der Waals surface area contributed by atoms with Gasteiger partial charge in [0.2, 0.25) is 0 Å². The van der Waals surface area contributed by atoms with Gasteiger partial charge in [-0.2, -0.15) is 0 Å². The lowest BCUT2D eigenvalue weighted by Crippen LogP contribution is -2.48. The molecule has 0 unspecified atom stereocenters. The van der Waals surface area contributed by atoms with Gasteiger partial charge in [-0.15, -0.1) is 12.4 Å². The van der Waals surface area contributed by atoms with Crippen LogP contribution in [-0.2, 0) is 24.4 Å². The molecule has 2 heterocycles. The second-order valence-corrected chi connectivity index (χ2v) is 8.91. The lowest BCUT2D eigenvalue weighted by molar-refractivity contribution is 0.0572. The van der Waals surface area contributed by atoms with Crippen LogP contribution in [0.3, 0.4) is 0 Å². The number of hydrogen-bond donors (Lipinski definition) is 1. The van der Waals surface area contributed by atoms with E-state index < -0.39 is 0 Å². The zero-order chi connectivity index (χ0) is 21.5. The van der Waals surface area contributed by atoms with Crippen molar-refractivity contribution in [3.05, 3.63) is 94.5 Å². The van der Waals surface area contributed by atoms with Gasteiger partial charge in [-0.05, 0) is 27.8 Å². The highest BCUT2D eigenvalue weighted by Gasteiger charge is 2.33. The number of amides is 1. The molecule has 3 aromatic rings. The Hall–Kier alpha value is -2.86. The van der Waals surface area contributed by atoms with Gasteiger partial charge >= 0.3 is 6.09 Å². The summed E-state index contributed by atoms with van der Waals surface area (Å²) in [5, 5.41) is 3.41. The predicted molar refractivity (Wildman–Crippen MR) is 131 cm³/mol. The average Bonchev–Trinajstić information content (AvgIpc) is 3.42. The van der Waals surface area contributed by atoms with E-state index in [-0.39, 0.29) is 24.6 Å². The van der Waals surface area contributed by atoms with Crippen LogP contribution in [0, 0.1) is 0 Å². The van der Waals surface area contributed by atoms with Crippen molar-refractivity contribution in [2.75, 3.05) is 26.2 Å². The molecule has 0 saturated carbocycles. The van der Waals surface area contributed by atoms with Gasteiger partial charge < -0.3 is 15.0 Å². The van der Waals surface area contributed by atoms with Crippen LogP contribution >= 0.6 is 12.4 Å². The third-order valence-corrected chi connectivity index (χ3v) is 6.93. The molecule has 2 aliphatic heterocycles. The van der Waals surface area contributed by atoms with Crippen molar-refractivity contribution in [2.45, 2.75) is 25.7 Å². The second kappa shape index (κ2) is 9.18. The lowest BCUT2D eigenvalue weighted by Gasteiger charge is -2.34. The molecule has 1 saturated heterocycles. The van der Waals surface area contributed by atoms with Crippen LogP contribution in [0.25, 0.3) is 11.1 Å². The molecule has 6 rings (SSSR count). The molecular weight excluding hydrogens is 434 g/mol. The highest BCUT2D eigenvalue weighted by molar-refractivity contribution is 5.85. The minimum atomic E-state index is -0.326. The summed E-state index contributed by atoms with van der Waals surface area (Å²) in [5.74, 6) is 0. The summed E-state index contributed by atoms with van der Waals surface area (Å²) < 4.78 is 6.07. The van der Waals surface area contributed by atoms with Crippen molar-refractivity contribution in [3.63, 3.8) is 0 Å². The molecule has 0 aromatic heterocycles. The molecule has 1 amide bonds. The Morgan fingerprint density at radius 1 is 0.848 bits per heavy atom. The number of carbonyl (C=O) groups excluding carboxylic acids is 1. The van der Waals surface area contributed by atoms with Gasteiger partial charge in [0.15, 0.2) is 6.10 Å². The molecule has 0 atom stereocenters. The van der Waals surface area contributed by atoms with Crippen LogP contribution in [0.2, 0.25) is 0 Å². The third-order valence-electron chi connectivity index (χ3n) is 6.93. The fraction of sp³-hybridized carbons (Fsp3) is 0.296. The number of carbonyl (C=O) groups is 1. The fourth-order valence-electron chi connectivity index (χ4n) is 5.20. The largest absolute Gasteiger partial charge is 0.436 e. The fourth-order valence-corrected chi connectivity index (χ4v) is 5.20. The third kappa shape index (κ3) is 4.12. The Bertz CT molecular complexity index is 1130. The molecule has 3 aromatic carbocycles. The second-order valence-electron chi connectivity index (χ2n) is 8.91. The number of nitrogens with one attached hydrogen (secondary N) is 1. The van der Waals surface area contributed by atoms with E-state index in [2.05, 4.69) is 52.7 Å². The Morgan fingerprint density at radius 3 is 2.18 bits per heavy atom. The van der Waals surface area contributed by atoms with Crippen molar-refractivity contribution < 1.29 is 9.53 Å². The molecule has 0 radical (unpaired) electrons. The Kier molecular flexibility index (Phi) is 6.11. The summed E-state index contributed by atoms with van der Waals surface area (Å²) in [5.41, 5.74) is 8.66. The quantitative estimate of drug-likeness (QED) is 0.612. The zero-order valence-electron chi connectivity index (χ0n) is 18.5. The van der Waals surface area contributed by atoms with E-state index in [1.807, 2.05) is 29.2 Å². The van der Waals surface area contributed by atoms with Crippen LogP contribution < -0.4 is 5.32 Å². The number of rotatable bonds is 3. The van der Waals surface area contributed by atoms with Gasteiger partial charge in [-0.25, -0.2) is 4.79 Å². The summed E-state index contributed by atoms with van der Waals surface area (Å²) in [7, 11) is 0. The molecule has 1 N–H and O–H groups in total. The molecule has 5 nitrogen and oxygen atoms in total. The minimum absolute atomic E-state index is 0. The molecule has 1 aliphatic carbocycles. The number of fused-ring (bicyclic) bond motifs is 4. The smallest absolute Gasteiger partial charge is 0.410 e. The summed E-state index contributed by atoms with van der Waals surface area (Å²) in [6.07, 6.45) is -0.544. The van der Waals surface area contributed by atoms with Crippen LogP contribution in [0.1, 0.15) is 33.9 Å². The normalized spacial score (nSPS) is 17.2. The molecule has 33 heavy (non-hydrogen) atoms. The van der Waals surface area contributed by atoms with Crippen LogP contribution in [0.5, 0.6) is 0 Å².